The van der Waals surface area contributed by atoms with Crippen LogP contribution in [0.1, 0.15) is 153 Å². The quantitative estimate of drug-likeness (QED) is 0.0591. The fraction of sp³-hybridized carbons (Fsp3) is 0.351. The minimum Gasteiger partial charge on any atom is -0.304 e. The van der Waals surface area contributed by atoms with E-state index < -0.39 is 16.1 Å². The fourth-order valence-corrected chi connectivity index (χ4v) is 27.9. The molecule has 0 aromatic heterocycles. The van der Waals surface area contributed by atoms with Crippen molar-refractivity contribution in [3.8, 4) is 0 Å². The molecule has 8 aromatic carbocycles. The molecule has 4 atom stereocenters. The zero-order chi connectivity index (χ0) is 56.9. The average Bonchev–Trinajstić information content (AvgIpc) is 4.32. The summed E-state index contributed by atoms with van der Waals surface area (Å²) in [6.45, 7) is 17.1. The van der Waals surface area contributed by atoms with E-state index in [9.17, 15) is 0 Å². The number of unbranched alkanes of at least 4 members (excludes halogenated alkanes) is 2. The zero-order valence-corrected chi connectivity index (χ0v) is 55.4. The first kappa shape index (κ1) is 62.6. The van der Waals surface area contributed by atoms with E-state index in [-0.39, 0.29) is 13.6 Å². The van der Waals surface area contributed by atoms with Crippen molar-refractivity contribution in [2.75, 3.05) is 32.7 Å². The molecular formula is C74H90IN3P4. The van der Waals surface area contributed by atoms with Gasteiger partial charge in [-0.1, -0.05) is 266 Å². The summed E-state index contributed by atoms with van der Waals surface area (Å²) >= 11 is 2.63. The SMILES string of the molecule is CCCCN(P1c2ccccc2CCc2ccccc21)P1[C@H](c2ccccc2)CC[C@H]1c1ccccc1.CCCCNP1[C@H](c2ccccc2)CC[C@H]1c1ccccc1.CCN(CC)CC.IP1c2ccccc2CCc2ccccc21. The Bertz CT molecular complexity index is 2910. The Morgan fingerprint density at radius 3 is 1.06 bits per heavy atom. The van der Waals surface area contributed by atoms with Crippen LogP contribution in [0.2, 0.25) is 0 Å². The molecule has 1 N–H and O–H groups in total. The minimum atomic E-state index is -0.588. The number of hydrogen-bond donors (Lipinski definition) is 1. The van der Waals surface area contributed by atoms with Gasteiger partial charge in [0.05, 0.1) is 0 Å². The van der Waals surface area contributed by atoms with Crippen molar-refractivity contribution in [2.24, 2.45) is 0 Å². The molecule has 8 aromatic rings. The second-order valence-corrected chi connectivity index (χ2v) is 33.8. The summed E-state index contributed by atoms with van der Waals surface area (Å²) in [5, 5.41) is 10.3. The first-order valence-electron chi connectivity index (χ1n) is 31.0. The van der Waals surface area contributed by atoms with E-state index in [0.717, 1.165) is 19.4 Å². The molecule has 4 heterocycles. The molecule has 428 valence electrons. The van der Waals surface area contributed by atoms with E-state index in [0.29, 0.717) is 22.6 Å². The predicted octanol–water partition coefficient (Wildman–Crippen LogP) is 19.9. The van der Waals surface area contributed by atoms with Gasteiger partial charge >= 0.3 is 0 Å². The van der Waals surface area contributed by atoms with Crippen LogP contribution < -0.4 is 26.3 Å². The van der Waals surface area contributed by atoms with Crippen molar-refractivity contribution in [1.82, 2.24) is 14.4 Å². The van der Waals surface area contributed by atoms with E-state index in [1.165, 1.54) is 102 Å². The second-order valence-electron chi connectivity index (χ2n) is 22.1. The third kappa shape index (κ3) is 16.1. The highest BCUT2D eigenvalue weighted by Crippen LogP contribution is 2.76. The van der Waals surface area contributed by atoms with E-state index in [2.05, 4.69) is 289 Å². The van der Waals surface area contributed by atoms with E-state index in [4.69, 9.17) is 0 Å². The second kappa shape index (κ2) is 33.1. The molecule has 0 bridgehead atoms. The lowest BCUT2D eigenvalue weighted by molar-refractivity contribution is 0.321. The van der Waals surface area contributed by atoms with Gasteiger partial charge in [-0.05, 0) is 194 Å². The van der Waals surface area contributed by atoms with Gasteiger partial charge in [-0.15, -0.1) is 0 Å². The summed E-state index contributed by atoms with van der Waals surface area (Å²) in [6.07, 6.45) is 14.9. The molecule has 0 spiro atoms. The monoisotopic (exact) mass is 1270 g/mol. The Labute approximate surface area is 513 Å². The summed E-state index contributed by atoms with van der Waals surface area (Å²) in [4.78, 5) is 2.38. The van der Waals surface area contributed by atoms with Crippen LogP contribution in [0.3, 0.4) is 0 Å². The Morgan fingerprint density at radius 1 is 0.390 bits per heavy atom. The molecule has 3 nitrogen and oxygen atoms in total. The highest BCUT2D eigenvalue weighted by atomic mass is 127. The third-order valence-electron chi connectivity index (χ3n) is 17.0. The molecule has 82 heavy (non-hydrogen) atoms. The summed E-state index contributed by atoms with van der Waals surface area (Å²) < 4.78 is 3.08. The van der Waals surface area contributed by atoms with Crippen molar-refractivity contribution in [3.63, 3.8) is 0 Å². The number of aryl methyl sites for hydroxylation is 4. The van der Waals surface area contributed by atoms with Crippen LogP contribution in [-0.4, -0.2) is 42.1 Å². The summed E-state index contributed by atoms with van der Waals surface area (Å²) in [5.41, 5.74) is 14.8. The van der Waals surface area contributed by atoms with Crippen LogP contribution in [0.5, 0.6) is 0 Å². The van der Waals surface area contributed by atoms with Crippen molar-refractivity contribution in [3.05, 3.63) is 263 Å². The lowest BCUT2D eigenvalue weighted by Crippen LogP contribution is -2.29. The van der Waals surface area contributed by atoms with Gasteiger partial charge in [0, 0.05) is 42.8 Å². The molecule has 8 heteroatoms. The maximum absolute atomic E-state index is 3.94. The summed E-state index contributed by atoms with van der Waals surface area (Å²) in [5.74, 6) is 0. The van der Waals surface area contributed by atoms with Crippen molar-refractivity contribution < 1.29 is 0 Å². The molecule has 0 aliphatic carbocycles. The number of nitrogens with one attached hydrogen (secondary N) is 1. The average molecular weight is 1270 g/mol. The molecule has 0 radical (unpaired) electrons. The Hall–Kier alpha value is -3.91. The summed E-state index contributed by atoms with van der Waals surface area (Å²) in [6, 6.07) is 81.8. The Balaban J connectivity index is 0.000000152. The topological polar surface area (TPSA) is 18.5 Å². The molecule has 0 saturated carbocycles. The van der Waals surface area contributed by atoms with E-state index >= 15 is 0 Å². The van der Waals surface area contributed by atoms with Gasteiger partial charge in [-0.25, -0.2) is 0 Å². The Kier molecular flexibility index (Phi) is 25.3. The molecule has 2 saturated heterocycles. The van der Waals surface area contributed by atoms with Crippen LogP contribution in [0, 0.1) is 0 Å². The van der Waals surface area contributed by atoms with Crippen LogP contribution >= 0.6 is 51.8 Å². The van der Waals surface area contributed by atoms with Crippen LogP contribution in [0.15, 0.2) is 218 Å². The molecule has 4 aliphatic rings. The largest absolute Gasteiger partial charge is 0.304 e. The zero-order valence-electron chi connectivity index (χ0n) is 49.7. The fourth-order valence-electron chi connectivity index (χ4n) is 12.6. The molecule has 0 amide bonds. The first-order valence-corrected chi connectivity index (χ1v) is 39.4. The first-order chi connectivity index (χ1) is 40.5. The molecule has 12 rings (SSSR count). The molecule has 0 unspecified atom stereocenters. The van der Waals surface area contributed by atoms with Crippen LogP contribution in [0.4, 0.5) is 0 Å². The van der Waals surface area contributed by atoms with Gasteiger partial charge in [0.1, 0.15) is 0 Å². The van der Waals surface area contributed by atoms with Gasteiger partial charge in [-0.2, -0.15) is 0 Å². The van der Waals surface area contributed by atoms with Gasteiger partial charge in [-0.3, -0.25) is 9.53 Å². The highest BCUT2D eigenvalue weighted by molar-refractivity contribution is 14.2. The standard InChI is InChI=1S/C34H37NP2.C20H26NP.C14H12IP.C6H15N/c1-2-3-26-35(36-31-20-12-10-18-29(31)22-23-30-19-11-13-21-32(30)36)37-33(27-14-6-4-7-15-27)24-25-34(37)28-16-8-5-9-17-28;1-2-3-16-21-22-19(17-10-6-4-7-11-17)14-15-20(22)18-12-8-5-9-13-18;15-16-13-7-3-1-5-11(13)9-10-12-6-2-4-8-14(12)16;1-4-7(5-2)6-3/h4-21,33-34H,2-3,22-26H2,1H3;4-13,19-21H,2-3,14-16H2,1H3;1-8H,9-10H2;4-6H2,1-3H3/t33-,34-;19-,20-;;/m00../s1. The van der Waals surface area contributed by atoms with Gasteiger partial charge in [0.25, 0.3) is 0 Å². The summed E-state index contributed by atoms with van der Waals surface area (Å²) in [7, 11) is -1.20. The van der Waals surface area contributed by atoms with Crippen molar-refractivity contribution in [1.29, 1.82) is 0 Å². The van der Waals surface area contributed by atoms with Gasteiger partial charge in [0.15, 0.2) is 0 Å². The Morgan fingerprint density at radius 2 is 0.707 bits per heavy atom. The lowest BCUT2D eigenvalue weighted by atomic mass is 10.0. The van der Waals surface area contributed by atoms with Crippen LogP contribution in [0.25, 0.3) is 0 Å². The maximum Gasteiger partial charge on any atom is 0.0324 e. The number of halogens is 1. The predicted molar refractivity (Wildman–Crippen MR) is 374 cm³/mol. The normalized spacial score (nSPS) is 18.7. The number of nitrogens with zero attached hydrogens (tertiary/aromatic N) is 2. The lowest BCUT2D eigenvalue weighted by Gasteiger charge is -2.43. The highest BCUT2D eigenvalue weighted by Gasteiger charge is 2.45. The van der Waals surface area contributed by atoms with Gasteiger partial charge in [0.2, 0.25) is 0 Å². The number of benzene rings is 8. The van der Waals surface area contributed by atoms with Crippen molar-refractivity contribution >= 4 is 73.0 Å². The van der Waals surface area contributed by atoms with Crippen LogP contribution in [-0.2, 0) is 25.7 Å². The molecular weight excluding hydrogens is 1180 g/mol. The van der Waals surface area contributed by atoms with E-state index in [1.54, 1.807) is 54.6 Å². The smallest absolute Gasteiger partial charge is 0.0324 e. The molecule has 4 aliphatic heterocycles. The van der Waals surface area contributed by atoms with Crippen molar-refractivity contribution in [2.45, 2.75) is 134 Å². The minimum absolute atomic E-state index is 0.180. The van der Waals surface area contributed by atoms with E-state index in [1.807, 2.05) is 0 Å². The molecule has 2 fully saturated rings. The maximum atomic E-state index is 3.94. The number of hydrogen-bond acceptors (Lipinski definition) is 3. The number of rotatable bonds is 16. The third-order valence-corrected chi connectivity index (χ3v) is 31.6. The number of fused-ring (bicyclic) bond motifs is 4. The van der Waals surface area contributed by atoms with Gasteiger partial charge < -0.3 is 4.90 Å².